The summed E-state index contributed by atoms with van der Waals surface area (Å²) in [6.45, 7) is 5.69. The first-order chi connectivity index (χ1) is 13.6. The molecule has 0 saturated heterocycles. The van der Waals surface area contributed by atoms with Crippen molar-refractivity contribution in [1.82, 2.24) is 5.32 Å². The minimum atomic E-state index is -3.86. The van der Waals surface area contributed by atoms with E-state index in [-0.39, 0.29) is 9.79 Å². The maximum atomic E-state index is 13.4. The van der Waals surface area contributed by atoms with Crippen LogP contribution in [0.2, 0.25) is 0 Å². The highest BCUT2D eigenvalue weighted by Gasteiger charge is 2.20. The predicted molar refractivity (Wildman–Crippen MR) is 106 cm³/mol. The molecule has 0 bridgehead atoms. The number of halogens is 1. The number of fused-ring (bicyclic) bond motifs is 1. The van der Waals surface area contributed by atoms with E-state index in [0.717, 1.165) is 17.0 Å². The Morgan fingerprint density at radius 3 is 2.55 bits per heavy atom. The second kappa shape index (κ2) is 7.87. The lowest BCUT2D eigenvalue weighted by Crippen LogP contribution is -2.33. The van der Waals surface area contributed by atoms with E-state index in [0.29, 0.717) is 18.5 Å². The van der Waals surface area contributed by atoms with Crippen LogP contribution < -0.4 is 5.32 Å². The fourth-order valence-corrected chi connectivity index (χ4v) is 4.11. The van der Waals surface area contributed by atoms with Crippen molar-refractivity contribution in [2.45, 2.75) is 42.6 Å². The van der Waals surface area contributed by atoms with Gasteiger partial charge in [0.1, 0.15) is 17.0 Å². The normalized spacial score (nSPS) is 12.1. The Balaban J connectivity index is 1.76. The number of carbonyl (C=O) groups is 1. The molecular weight excluding hydrogens is 397 g/mol. The second-order valence-electron chi connectivity index (χ2n) is 7.56. The summed E-state index contributed by atoms with van der Waals surface area (Å²) in [5.74, 6) is -0.620. The summed E-state index contributed by atoms with van der Waals surface area (Å²) in [6.07, 6.45) is 1.51. The maximum absolute atomic E-state index is 13.4. The predicted octanol–water partition coefficient (Wildman–Crippen LogP) is 4.47. The third-order valence-corrected chi connectivity index (χ3v) is 5.86. The zero-order chi connectivity index (χ0) is 21.2. The summed E-state index contributed by atoms with van der Waals surface area (Å²) in [5, 5.41) is 3.41. The maximum Gasteiger partial charge on any atom is 0.407 e. The van der Waals surface area contributed by atoms with E-state index >= 15 is 0 Å². The van der Waals surface area contributed by atoms with Gasteiger partial charge in [0.15, 0.2) is 0 Å². The number of sulfone groups is 1. The van der Waals surface area contributed by atoms with Crippen molar-refractivity contribution in [2.75, 3.05) is 6.54 Å². The highest BCUT2D eigenvalue weighted by Crippen LogP contribution is 2.28. The minimum Gasteiger partial charge on any atom is -0.464 e. The van der Waals surface area contributed by atoms with Crippen LogP contribution in [0.3, 0.4) is 0 Å². The van der Waals surface area contributed by atoms with Crippen LogP contribution in [0.5, 0.6) is 0 Å². The first-order valence-corrected chi connectivity index (χ1v) is 10.5. The Kier molecular flexibility index (Phi) is 5.66. The van der Waals surface area contributed by atoms with Gasteiger partial charge in [-0.15, -0.1) is 0 Å². The number of benzene rings is 2. The van der Waals surface area contributed by atoms with Crippen LogP contribution in [0.4, 0.5) is 9.18 Å². The molecule has 3 rings (SSSR count). The number of ether oxygens (including phenoxy) is 1. The zero-order valence-electron chi connectivity index (χ0n) is 16.4. The van der Waals surface area contributed by atoms with Crippen LogP contribution in [-0.2, 0) is 21.0 Å². The molecule has 154 valence electrons. The third-order valence-electron chi connectivity index (χ3n) is 4.11. The Morgan fingerprint density at radius 1 is 1.14 bits per heavy atom. The van der Waals surface area contributed by atoms with Gasteiger partial charge >= 0.3 is 6.09 Å². The smallest absolute Gasteiger partial charge is 0.407 e. The van der Waals surface area contributed by atoms with E-state index < -0.39 is 27.3 Å². The quantitative estimate of drug-likeness (QED) is 0.659. The van der Waals surface area contributed by atoms with Gasteiger partial charge in [-0.1, -0.05) is 6.07 Å². The lowest BCUT2D eigenvalue weighted by Gasteiger charge is -2.19. The van der Waals surface area contributed by atoms with Crippen molar-refractivity contribution in [3.05, 3.63) is 60.1 Å². The molecule has 0 aliphatic rings. The average molecular weight is 419 g/mol. The lowest BCUT2D eigenvalue weighted by molar-refractivity contribution is 0.0528. The van der Waals surface area contributed by atoms with Crippen LogP contribution >= 0.6 is 0 Å². The summed E-state index contributed by atoms with van der Waals surface area (Å²) >= 11 is 0. The summed E-state index contributed by atoms with van der Waals surface area (Å²) in [4.78, 5) is 11.6. The van der Waals surface area contributed by atoms with Gasteiger partial charge in [-0.3, -0.25) is 0 Å². The van der Waals surface area contributed by atoms with Gasteiger partial charge in [-0.05, 0) is 63.1 Å². The lowest BCUT2D eigenvalue weighted by atomic mass is 10.1. The van der Waals surface area contributed by atoms with Crippen LogP contribution in [-0.4, -0.2) is 26.7 Å². The molecule has 0 saturated carbocycles. The average Bonchev–Trinajstić information content (AvgIpc) is 3.02. The SMILES string of the molecule is CC(C)(C)OC(=O)NCCc1coc2cc(S(=O)(=O)c3cccc(F)c3)ccc12. The van der Waals surface area contributed by atoms with E-state index in [1.54, 1.807) is 26.8 Å². The molecule has 0 fully saturated rings. The van der Waals surface area contributed by atoms with Crippen molar-refractivity contribution in [3.8, 4) is 0 Å². The van der Waals surface area contributed by atoms with Crippen molar-refractivity contribution in [2.24, 2.45) is 0 Å². The van der Waals surface area contributed by atoms with Crippen LogP contribution in [0, 0.1) is 5.82 Å². The summed E-state index contributed by atoms with van der Waals surface area (Å²) in [5.41, 5.74) is 0.649. The molecule has 8 heteroatoms. The van der Waals surface area contributed by atoms with Gasteiger partial charge in [0, 0.05) is 18.0 Å². The molecule has 0 radical (unpaired) electrons. The summed E-state index contributed by atoms with van der Waals surface area (Å²) in [6, 6.07) is 9.39. The number of nitrogens with one attached hydrogen (secondary N) is 1. The molecule has 1 heterocycles. The van der Waals surface area contributed by atoms with E-state index in [1.807, 2.05) is 0 Å². The van der Waals surface area contributed by atoms with E-state index in [9.17, 15) is 17.6 Å². The number of rotatable bonds is 5. The number of hydrogen-bond acceptors (Lipinski definition) is 5. The second-order valence-corrected chi connectivity index (χ2v) is 9.51. The van der Waals surface area contributed by atoms with Crippen molar-refractivity contribution in [3.63, 3.8) is 0 Å². The highest BCUT2D eigenvalue weighted by atomic mass is 32.2. The van der Waals surface area contributed by atoms with Crippen LogP contribution in [0.25, 0.3) is 11.0 Å². The van der Waals surface area contributed by atoms with Gasteiger partial charge in [0.25, 0.3) is 0 Å². The number of carbonyl (C=O) groups excluding carboxylic acids is 1. The fourth-order valence-electron chi connectivity index (χ4n) is 2.81. The molecule has 0 spiro atoms. The van der Waals surface area contributed by atoms with Gasteiger partial charge < -0.3 is 14.5 Å². The number of furan rings is 1. The standard InChI is InChI=1S/C21H22FNO5S/c1-21(2,3)28-20(24)23-10-9-14-13-27-19-12-17(7-8-18(14)19)29(25,26)16-6-4-5-15(22)11-16/h4-8,11-13H,9-10H2,1-3H3,(H,23,24). The summed E-state index contributed by atoms with van der Waals surface area (Å²) in [7, 11) is -3.86. The Bertz CT molecular complexity index is 1150. The molecule has 6 nitrogen and oxygen atoms in total. The van der Waals surface area contributed by atoms with Crippen LogP contribution in [0.1, 0.15) is 26.3 Å². The van der Waals surface area contributed by atoms with Gasteiger partial charge in [0.2, 0.25) is 9.84 Å². The van der Waals surface area contributed by atoms with Gasteiger partial charge in [-0.2, -0.15) is 0 Å². The molecule has 1 N–H and O–H groups in total. The monoisotopic (exact) mass is 419 g/mol. The van der Waals surface area contributed by atoms with Crippen LogP contribution in [0.15, 0.2) is 62.9 Å². The summed E-state index contributed by atoms with van der Waals surface area (Å²) < 4.78 is 49.6. The Hall–Kier alpha value is -2.87. The topological polar surface area (TPSA) is 85.6 Å². The third kappa shape index (κ3) is 4.95. The molecule has 29 heavy (non-hydrogen) atoms. The van der Waals surface area contributed by atoms with Crippen molar-refractivity contribution in [1.29, 1.82) is 0 Å². The molecule has 1 amide bonds. The highest BCUT2D eigenvalue weighted by molar-refractivity contribution is 7.91. The van der Waals surface area contributed by atoms with E-state index in [2.05, 4.69) is 5.32 Å². The molecule has 2 aromatic carbocycles. The number of alkyl carbamates (subject to hydrolysis) is 1. The molecule has 0 atom stereocenters. The number of hydrogen-bond donors (Lipinski definition) is 1. The van der Waals surface area contributed by atoms with Gasteiger partial charge in [-0.25, -0.2) is 17.6 Å². The molecule has 0 unspecified atom stereocenters. The van der Waals surface area contributed by atoms with E-state index in [1.165, 1.54) is 36.6 Å². The largest absolute Gasteiger partial charge is 0.464 e. The van der Waals surface area contributed by atoms with Crippen molar-refractivity contribution >= 4 is 26.9 Å². The molecule has 0 aliphatic carbocycles. The van der Waals surface area contributed by atoms with Crippen molar-refractivity contribution < 1.29 is 26.8 Å². The fraction of sp³-hybridized carbons (Fsp3) is 0.286. The zero-order valence-corrected chi connectivity index (χ0v) is 17.2. The molecular formula is C21H22FNO5S. The molecule has 3 aromatic rings. The first-order valence-electron chi connectivity index (χ1n) is 9.04. The number of amides is 1. The molecule has 1 aromatic heterocycles. The molecule has 0 aliphatic heterocycles. The van der Waals surface area contributed by atoms with Gasteiger partial charge in [0.05, 0.1) is 16.1 Å². The Labute approximate surface area is 168 Å². The van der Waals surface area contributed by atoms with E-state index in [4.69, 9.17) is 9.15 Å². The Morgan fingerprint density at radius 2 is 1.86 bits per heavy atom. The minimum absolute atomic E-state index is 0.0170. The first kappa shape index (κ1) is 20.9.